The van der Waals surface area contributed by atoms with Crippen molar-refractivity contribution in [3.8, 4) is 0 Å². The van der Waals surface area contributed by atoms with Gasteiger partial charge in [0.2, 0.25) is 5.91 Å². The number of hydrogen-bond acceptors (Lipinski definition) is 3. The monoisotopic (exact) mass is 466 g/mol. The molecule has 0 aromatic heterocycles. The molecule has 0 atom stereocenters. The van der Waals surface area contributed by atoms with E-state index in [1.807, 2.05) is 13.0 Å². The zero-order valence-corrected chi connectivity index (χ0v) is 17.4. The maximum Gasteiger partial charge on any atom is 0.241 e. The van der Waals surface area contributed by atoms with Crippen LogP contribution in [0.25, 0.3) is 0 Å². The lowest BCUT2D eigenvalue weighted by Gasteiger charge is -2.15. The number of carbonyl (C=O) groups is 1. The predicted molar refractivity (Wildman–Crippen MR) is 109 cm³/mol. The van der Waals surface area contributed by atoms with Crippen LogP contribution in [-0.4, -0.2) is 57.2 Å². The van der Waals surface area contributed by atoms with Gasteiger partial charge in [0.1, 0.15) is 5.82 Å². The summed E-state index contributed by atoms with van der Waals surface area (Å²) in [5.41, 5.74) is 0.768. The van der Waals surface area contributed by atoms with E-state index in [1.165, 1.54) is 17.0 Å². The maximum atomic E-state index is 13.2. The molecule has 0 radical (unpaired) electrons. The van der Waals surface area contributed by atoms with Crippen LogP contribution >= 0.6 is 24.0 Å². The van der Waals surface area contributed by atoms with E-state index in [0.717, 1.165) is 12.0 Å². The molecule has 6 nitrogen and oxygen atoms in total. The van der Waals surface area contributed by atoms with Crippen LogP contribution in [0.2, 0.25) is 0 Å². The SMILES string of the molecule is CCOCCCNC(=NCc1cccc(F)c1)NCC(=O)N(C)C.I. The number of carbonyl (C=O) groups excluding carboxylic acids is 1. The van der Waals surface area contributed by atoms with E-state index in [9.17, 15) is 9.18 Å². The van der Waals surface area contributed by atoms with Gasteiger partial charge >= 0.3 is 0 Å². The average molecular weight is 466 g/mol. The molecular formula is C17H28FIN4O2. The summed E-state index contributed by atoms with van der Waals surface area (Å²) in [5.74, 6) is 0.181. The van der Waals surface area contributed by atoms with Crippen molar-refractivity contribution in [1.82, 2.24) is 15.5 Å². The predicted octanol–water partition coefficient (Wildman–Crippen LogP) is 1.99. The zero-order chi connectivity index (χ0) is 17.8. The van der Waals surface area contributed by atoms with E-state index in [-0.39, 0.29) is 42.2 Å². The Morgan fingerprint density at radius 2 is 2.08 bits per heavy atom. The number of nitrogens with one attached hydrogen (secondary N) is 2. The first kappa shape index (κ1) is 23.6. The fourth-order valence-corrected chi connectivity index (χ4v) is 1.82. The average Bonchev–Trinajstić information content (AvgIpc) is 2.56. The van der Waals surface area contributed by atoms with Crippen molar-refractivity contribution in [2.45, 2.75) is 19.9 Å². The third-order valence-electron chi connectivity index (χ3n) is 3.18. The Morgan fingerprint density at radius 3 is 2.72 bits per heavy atom. The fourth-order valence-electron chi connectivity index (χ4n) is 1.82. The van der Waals surface area contributed by atoms with Crippen LogP contribution in [0, 0.1) is 5.82 Å². The summed E-state index contributed by atoms with van der Waals surface area (Å²) in [5, 5.41) is 6.14. The number of benzene rings is 1. The summed E-state index contributed by atoms with van der Waals surface area (Å²) < 4.78 is 18.5. The van der Waals surface area contributed by atoms with Gasteiger partial charge in [-0.3, -0.25) is 4.79 Å². The van der Waals surface area contributed by atoms with Crippen LogP contribution in [0.4, 0.5) is 4.39 Å². The Balaban J connectivity index is 0.00000576. The molecule has 0 aliphatic carbocycles. The largest absolute Gasteiger partial charge is 0.382 e. The molecular weight excluding hydrogens is 438 g/mol. The van der Waals surface area contributed by atoms with E-state index in [0.29, 0.717) is 32.3 Å². The van der Waals surface area contributed by atoms with Crippen LogP contribution in [0.15, 0.2) is 29.3 Å². The summed E-state index contributed by atoms with van der Waals surface area (Å²) in [6.45, 7) is 4.45. The van der Waals surface area contributed by atoms with Crippen LogP contribution in [-0.2, 0) is 16.1 Å². The van der Waals surface area contributed by atoms with Crippen molar-refractivity contribution in [1.29, 1.82) is 0 Å². The molecule has 0 heterocycles. The molecule has 1 rings (SSSR count). The summed E-state index contributed by atoms with van der Waals surface area (Å²) in [6.07, 6.45) is 0.829. The molecule has 0 saturated heterocycles. The molecule has 0 saturated carbocycles. The highest BCUT2D eigenvalue weighted by Gasteiger charge is 2.06. The highest BCUT2D eigenvalue weighted by molar-refractivity contribution is 14.0. The molecule has 1 aromatic carbocycles. The summed E-state index contributed by atoms with van der Waals surface area (Å²) in [6, 6.07) is 6.30. The van der Waals surface area contributed by atoms with Crippen molar-refractivity contribution in [3.05, 3.63) is 35.6 Å². The summed E-state index contributed by atoms with van der Waals surface area (Å²) in [4.78, 5) is 17.6. The first-order valence-electron chi connectivity index (χ1n) is 8.07. The highest BCUT2D eigenvalue weighted by atomic mass is 127. The van der Waals surface area contributed by atoms with Gasteiger partial charge in [-0.25, -0.2) is 9.38 Å². The number of nitrogens with zero attached hydrogens (tertiary/aromatic N) is 2. The van der Waals surface area contributed by atoms with Crippen molar-refractivity contribution < 1.29 is 13.9 Å². The number of aliphatic imine (C=N–C) groups is 1. The third kappa shape index (κ3) is 10.9. The number of ether oxygens (including phenoxy) is 1. The van der Waals surface area contributed by atoms with Gasteiger partial charge < -0.3 is 20.3 Å². The fraction of sp³-hybridized carbons (Fsp3) is 0.529. The van der Waals surface area contributed by atoms with Gasteiger partial charge in [-0.2, -0.15) is 0 Å². The molecule has 8 heteroatoms. The second-order valence-corrected chi connectivity index (χ2v) is 5.41. The quantitative estimate of drug-likeness (QED) is 0.253. The van der Waals surface area contributed by atoms with E-state index in [2.05, 4.69) is 15.6 Å². The topological polar surface area (TPSA) is 66.0 Å². The lowest BCUT2D eigenvalue weighted by molar-refractivity contribution is -0.127. The van der Waals surface area contributed by atoms with Gasteiger partial charge in [-0.15, -0.1) is 24.0 Å². The molecule has 0 aliphatic rings. The minimum absolute atomic E-state index is 0. The Morgan fingerprint density at radius 1 is 1.32 bits per heavy atom. The number of halogens is 2. The Kier molecular flexibility index (Phi) is 13.0. The minimum atomic E-state index is -0.287. The summed E-state index contributed by atoms with van der Waals surface area (Å²) >= 11 is 0. The lowest BCUT2D eigenvalue weighted by atomic mass is 10.2. The smallest absolute Gasteiger partial charge is 0.241 e. The van der Waals surface area contributed by atoms with Crippen molar-refractivity contribution in [2.24, 2.45) is 4.99 Å². The van der Waals surface area contributed by atoms with E-state index in [1.54, 1.807) is 20.2 Å². The number of amides is 1. The van der Waals surface area contributed by atoms with Crippen molar-refractivity contribution >= 4 is 35.8 Å². The molecule has 0 bridgehead atoms. The van der Waals surface area contributed by atoms with Gasteiger partial charge in [0.25, 0.3) is 0 Å². The molecule has 0 spiro atoms. The van der Waals surface area contributed by atoms with E-state index >= 15 is 0 Å². The number of guanidine groups is 1. The molecule has 0 aliphatic heterocycles. The number of rotatable bonds is 9. The van der Waals surface area contributed by atoms with Crippen LogP contribution in [0.5, 0.6) is 0 Å². The van der Waals surface area contributed by atoms with Gasteiger partial charge in [0, 0.05) is 33.9 Å². The maximum absolute atomic E-state index is 13.2. The highest BCUT2D eigenvalue weighted by Crippen LogP contribution is 2.04. The first-order valence-corrected chi connectivity index (χ1v) is 8.07. The van der Waals surface area contributed by atoms with Crippen LogP contribution < -0.4 is 10.6 Å². The number of hydrogen-bond donors (Lipinski definition) is 2. The second-order valence-electron chi connectivity index (χ2n) is 5.41. The molecule has 0 fully saturated rings. The number of likely N-dealkylation sites (N-methyl/N-ethyl adjacent to an activating group) is 1. The zero-order valence-electron chi connectivity index (χ0n) is 15.0. The normalized spacial score (nSPS) is 10.8. The van der Waals surface area contributed by atoms with Crippen LogP contribution in [0.3, 0.4) is 0 Å². The Bertz CT molecular complexity index is 541. The Labute approximate surface area is 166 Å². The van der Waals surface area contributed by atoms with Crippen molar-refractivity contribution in [2.75, 3.05) is 40.4 Å². The second kappa shape index (κ2) is 13.8. The Hall–Kier alpha value is -1.42. The molecule has 2 N–H and O–H groups in total. The van der Waals surface area contributed by atoms with Crippen molar-refractivity contribution in [3.63, 3.8) is 0 Å². The van der Waals surface area contributed by atoms with Gasteiger partial charge in [0.05, 0.1) is 13.1 Å². The molecule has 142 valence electrons. The first-order chi connectivity index (χ1) is 11.5. The van der Waals surface area contributed by atoms with E-state index < -0.39 is 0 Å². The molecule has 25 heavy (non-hydrogen) atoms. The molecule has 0 unspecified atom stereocenters. The van der Waals surface area contributed by atoms with Crippen LogP contribution in [0.1, 0.15) is 18.9 Å². The standard InChI is InChI=1S/C17H27FN4O2.HI/c1-4-24-10-6-9-19-17(21-13-16(23)22(2)3)20-12-14-7-5-8-15(18)11-14;/h5,7-8,11H,4,6,9-10,12-13H2,1-3H3,(H2,19,20,21);1H. The molecule has 1 aromatic rings. The minimum Gasteiger partial charge on any atom is -0.382 e. The summed E-state index contributed by atoms with van der Waals surface area (Å²) in [7, 11) is 3.40. The van der Waals surface area contributed by atoms with Gasteiger partial charge in [-0.1, -0.05) is 12.1 Å². The van der Waals surface area contributed by atoms with E-state index in [4.69, 9.17) is 4.74 Å². The van der Waals surface area contributed by atoms with Gasteiger partial charge in [0.15, 0.2) is 5.96 Å². The molecule has 1 amide bonds. The lowest BCUT2D eigenvalue weighted by Crippen LogP contribution is -2.43. The van der Waals surface area contributed by atoms with Gasteiger partial charge in [-0.05, 0) is 31.0 Å². The third-order valence-corrected chi connectivity index (χ3v) is 3.18.